The van der Waals surface area contributed by atoms with Gasteiger partial charge in [-0.05, 0) is 12.1 Å². The Labute approximate surface area is 47.0 Å². The third kappa shape index (κ3) is 0.959. The van der Waals surface area contributed by atoms with Crippen LogP contribution in [-0.2, 0) is 0 Å². The molecule has 0 aliphatic rings. The highest BCUT2D eigenvalue weighted by Crippen LogP contribution is 1.71. The Morgan fingerprint density at radius 2 is 2.62 bits per heavy atom. The number of rotatable bonds is 2. The molecule has 4 heteroatoms. The first-order valence-corrected chi connectivity index (χ1v) is 2.43. The summed E-state index contributed by atoms with van der Waals surface area (Å²) in [5, 5.41) is 7.08. The summed E-state index contributed by atoms with van der Waals surface area (Å²) < 4.78 is 0. The highest BCUT2D eigenvalue weighted by molar-refractivity contribution is 4.58. The quantitative estimate of drug-likeness (QED) is 0.530. The number of nitrogens with zero attached hydrogens (tertiary/aromatic N) is 3. The van der Waals surface area contributed by atoms with E-state index in [1.54, 1.807) is 12.4 Å². The van der Waals surface area contributed by atoms with Crippen molar-refractivity contribution < 1.29 is 4.84 Å². The second-order valence-electron chi connectivity index (χ2n) is 1.22. The number of hydrogen-bond acceptors (Lipinski definition) is 3. The van der Waals surface area contributed by atoms with Crippen LogP contribution in [0.5, 0.6) is 0 Å². The van der Waals surface area contributed by atoms with Gasteiger partial charge in [0.2, 0.25) is 0 Å². The predicted octanol–water partition coefficient (Wildman–Crippen LogP) is -0.273. The Balaban J connectivity index is 2.50. The fourth-order valence-corrected chi connectivity index (χ4v) is 0.398. The lowest BCUT2D eigenvalue weighted by molar-refractivity contribution is 0.0884. The molecule has 4 nitrogen and oxygen atoms in total. The molecule has 1 aromatic rings. The highest BCUT2D eigenvalue weighted by Gasteiger charge is 1.82. The molecule has 0 atom stereocenters. The second-order valence-corrected chi connectivity index (χ2v) is 1.22. The normalized spacial score (nSPS) is 9.12. The van der Waals surface area contributed by atoms with E-state index in [1.807, 2.05) is 6.92 Å². The van der Waals surface area contributed by atoms with E-state index in [9.17, 15) is 0 Å². The Hall–Kier alpha value is -1.06. The first kappa shape index (κ1) is 5.08. The fourth-order valence-electron chi connectivity index (χ4n) is 0.398. The molecular formula is C4H7N3O. The first-order chi connectivity index (χ1) is 3.93. The van der Waals surface area contributed by atoms with Crippen LogP contribution in [0, 0.1) is 0 Å². The van der Waals surface area contributed by atoms with Crippen LogP contribution >= 0.6 is 0 Å². The maximum absolute atomic E-state index is 4.89. The van der Waals surface area contributed by atoms with Crippen LogP contribution in [0.1, 0.15) is 6.92 Å². The molecule has 0 unspecified atom stereocenters. The molecule has 0 N–H and O–H groups in total. The molecule has 44 valence electrons. The lowest BCUT2D eigenvalue weighted by Crippen LogP contribution is -2.10. The molecule has 1 aromatic heterocycles. The average Bonchev–Trinajstić information content (AvgIpc) is 2.19. The van der Waals surface area contributed by atoms with Gasteiger partial charge in [-0.1, -0.05) is 4.85 Å². The summed E-state index contributed by atoms with van der Waals surface area (Å²) in [6.45, 7) is 2.50. The van der Waals surface area contributed by atoms with Crippen LogP contribution in [0.4, 0.5) is 0 Å². The Morgan fingerprint density at radius 3 is 3.12 bits per heavy atom. The van der Waals surface area contributed by atoms with Crippen molar-refractivity contribution in [2.75, 3.05) is 6.61 Å². The summed E-state index contributed by atoms with van der Waals surface area (Å²) in [6, 6.07) is 0. The zero-order valence-electron chi connectivity index (χ0n) is 4.61. The van der Waals surface area contributed by atoms with Crippen LogP contribution in [-0.4, -0.2) is 21.8 Å². The van der Waals surface area contributed by atoms with E-state index in [1.165, 1.54) is 4.85 Å². The maximum atomic E-state index is 4.89. The summed E-state index contributed by atoms with van der Waals surface area (Å²) in [4.78, 5) is 6.21. The number of aromatic nitrogens is 3. The molecule has 0 radical (unpaired) electrons. The maximum Gasteiger partial charge on any atom is 0.114 e. The van der Waals surface area contributed by atoms with Crippen molar-refractivity contribution in [1.29, 1.82) is 0 Å². The molecule has 0 saturated carbocycles. The largest absolute Gasteiger partial charge is 0.396 e. The van der Waals surface area contributed by atoms with Crippen LogP contribution in [0.2, 0.25) is 0 Å². The lowest BCUT2D eigenvalue weighted by atomic mass is 10.9. The van der Waals surface area contributed by atoms with Crippen molar-refractivity contribution in [3.05, 3.63) is 12.4 Å². The highest BCUT2D eigenvalue weighted by atomic mass is 16.7. The Kier molecular flexibility index (Phi) is 1.46. The van der Waals surface area contributed by atoms with Crippen LogP contribution < -0.4 is 4.84 Å². The minimum Gasteiger partial charge on any atom is -0.396 e. The third-order valence-electron chi connectivity index (χ3n) is 0.662. The SMILES string of the molecule is CCOn1ccnn1. The topological polar surface area (TPSA) is 39.9 Å². The van der Waals surface area contributed by atoms with Crippen molar-refractivity contribution in [2.45, 2.75) is 6.92 Å². The zero-order valence-corrected chi connectivity index (χ0v) is 4.61. The van der Waals surface area contributed by atoms with Gasteiger partial charge in [-0.2, -0.15) is 0 Å². The molecule has 1 rings (SSSR count). The van der Waals surface area contributed by atoms with Gasteiger partial charge >= 0.3 is 0 Å². The summed E-state index contributed by atoms with van der Waals surface area (Å²) in [5.41, 5.74) is 0. The average molecular weight is 113 g/mol. The molecule has 0 spiro atoms. The first-order valence-electron chi connectivity index (χ1n) is 2.43. The standard InChI is InChI=1S/C4H7N3O/c1-2-8-7-4-3-5-6-7/h3-4H,2H2,1H3. The monoisotopic (exact) mass is 113 g/mol. The lowest BCUT2D eigenvalue weighted by Gasteiger charge is -1.95. The van der Waals surface area contributed by atoms with Gasteiger partial charge in [-0.3, -0.25) is 0 Å². The van der Waals surface area contributed by atoms with Gasteiger partial charge in [-0.15, -0.1) is 5.10 Å². The number of hydrogen-bond donors (Lipinski definition) is 0. The van der Waals surface area contributed by atoms with E-state index in [2.05, 4.69) is 10.3 Å². The molecule has 8 heavy (non-hydrogen) atoms. The Morgan fingerprint density at radius 1 is 1.75 bits per heavy atom. The van der Waals surface area contributed by atoms with E-state index in [0.717, 1.165) is 0 Å². The minimum absolute atomic E-state index is 0.614. The molecule has 0 saturated heterocycles. The summed E-state index contributed by atoms with van der Waals surface area (Å²) in [6.07, 6.45) is 3.21. The second kappa shape index (κ2) is 2.30. The van der Waals surface area contributed by atoms with Gasteiger partial charge in [0.1, 0.15) is 6.61 Å². The van der Waals surface area contributed by atoms with Crippen LogP contribution in [0.3, 0.4) is 0 Å². The van der Waals surface area contributed by atoms with E-state index in [-0.39, 0.29) is 0 Å². The third-order valence-corrected chi connectivity index (χ3v) is 0.662. The van der Waals surface area contributed by atoms with Gasteiger partial charge < -0.3 is 4.84 Å². The summed E-state index contributed by atoms with van der Waals surface area (Å²) in [7, 11) is 0. The van der Waals surface area contributed by atoms with Gasteiger partial charge in [0.25, 0.3) is 0 Å². The van der Waals surface area contributed by atoms with Crippen LogP contribution in [0.15, 0.2) is 12.4 Å². The molecule has 0 amide bonds. The van der Waals surface area contributed by atoms with Crippen LogP contribution in [0.25, 0.3) is 0 Å². The molecule has 0 aliphatic heterocycles. The molecular weight excluding hydrogens is 106 g/mol. The smallest absolute Gasteiger partial charge is 0.114 e. The van der Waals surface area contributed by atoms with E-state index < -0.39 is 0 Å². The molecule has 1 heterocycles. The van der Waals surface area contributed by atoms with Crippen molar-refractivity contribution in [2.24, 2.45) is 0 Å². The van der Waals surface area contributed by atoms with Gasteiger partial charge in [0, 0.05) is 0 Å². The molecule has 0 fully saturated rings. The van der Waals surface area contributed by atoms with Crippen molar-refractivity contribution in [3.8, 4) is 0 Å². The van der Waals surface area contributed by atoms with Gasteiger partial charge in [0.05, 0.1) is 12.4 Å². The summed E-state index contributed by atoms with van der Waals surface area (Å²) >= 11 is 0. The minimum atomic E-state index is 0.614. The van der Waals surface area contributed by atoms with Gasteiger partial charge in [-0.25, -0.2) is 0 Å². The Bertz CT molecular complexity index is 137. The van der Waals surface area contributed by atoms with Crippen molar-refractivity contribution in [1.82, 2.24) is 15.2 Å². The van der Waals surface area contributed by atoms with Gasteiger partial charge in [0.15, 0.2) is 0 Å². The summed E-state index contributed by atoms with van der Waals surface area (Å²) in [5.74, 6) is 0. The predicted molar refractivity (Wildman–Crippen MR) is 27.1 cm³/mol. The molecule has 0 bridgehead atoms. The van der Waals surface area contributed by atoms with Crippen molar-refractivity contribution in [3.63, 3.8) is 0 Å². The zero-order chi connectivity index (χ0) is 5.82. The van der Waals surface area contributed by atoms with E-state index >= 15 is 0 Å². The fraction of sp³-hybridized carbons (Fsp3) is 0.500. The van der Waals surface area contributed by atoms with E-state index in [4.69, 9.17) is 4.84 Å². The van der Waals surface area contributed by atoms with E-state index in [0.29, 0.717) is 6.61 Å². The van der Waals surface area contributed by atoms with Crippen molar-refractivity contribution >= 4 is 0 Å². The molecule has 0 aromatic carbocycles. The molecule has 0 aliphatic carbocycles.